The van der Waals surface area contributed by atoms with Crippen molar-refractivity contribution in [3.63, 3.8) is 0 Å². The molecule has 1 aliphatic rings. The van der Waals surface area contributed by atoms with Crippen LogP contribution in [0.2, 0.25) is 0 Å². The number of hydrogen-bond acceptors (Lipinski definition) is 5. The molecule has 6 nitrogen and oxygen atoms in total. The second-order valence-corrected chi connectivity index (χ2v) is 9.20. The summed E-state index contributed by atoms with van der Waals surface area (Å²) in [6, 6.07) is 12.1. The van der Waals surface area contributed by atoms with E-state index in [-0.39, 0.29) is 24.7 Å². The van der Waals surface area contributed by atoms with Gasteiger partial charge in [0.05, 0.1) is 5.52 Å². The molecule has 4 rings (SSSR count). The van der Waals surface area contributed by atoms with E-state index < -0.39 is 11.6 Å². The molecule has 1 saturated carbocycles. The Morgan fingerprint density at radius 2 is 1.77 bits per heavy atom. The smallest absolute Gasteiger partial charge is 0.225 e. The first-order valence-electron chi connectivity index (χ1n) is 11.8. The van der Waals surface area contributed by atoms with Crippen molar-refractivity contribution in [1.29, 1.82) is 0 Å². The maximum absolute atomic E-state index is 13.3. The lowest BCUT2D eigenvalue weighted by Gasteiger charge is -2.29. The molecule has 1 fully saturated rings. The van der Waals surface area contributed by atoms with E-state index in [0.29, 0.717) is 36.4 Å². The van der Waals surface area contributed by atoms with E-state index in [9.17, 15) is 13.6 Å². The third-order valence-corrected chi connectivity index (χ3v) is 6.40. The normalized spacial score (nSPS) is 17.5. The average molecular weight is 504 g/mol. The van der Waals surface area contributed by atoms with E-state index in [1.165, 1.54) is 6.07 Å². The Balaban J connectivity index is 0.00000342. The number of carbonyl (C=O) groups is 1. The third-order valence-electron chi connectivity index (χ3n) is 6.40. The number of fused-ring (bicyclic) bond motifs is 1. The zero-order chi connectivity index (χ0) is 24.1. The standard InChI is InChI=1S/C26H31F2N5O.ClH/c1-33(2)25-20-5-3-4-6-23(20)31-26(32-25)30-19-11-7-18(8-12-19)16-29-24(34)14-10-17-9-13-21(27)22(28)15-17;/h3-6,9,13,15,18-19H,7-8,10-12,14,16H2,1-2H3,(H,29,34)(H,30,31,32);1H. The molecule has 0 atom stereocenters. The Morgan fingerprint density at radius 3 is 2.49 bits per heavy atom. The van der Waals surface area contributed by atoms with Crippen molar-refractivity contribution in [3.05, 3.63) is 59.7 Å². The molecule has 3 aromatic rings. The zero-order valence-electron chi connectivity index (χ0n) is 20.1. The lowest BCUT2D eigenvalue weighted by molar-refractivity contribution is -0.121. The summed E-state index contributed by atoms with van der Waals surface area (Å²) in [5.74, 6) is 0.161. The van der Waals surface area contributed by atoms with Crippen molar-refractivity contribution in [2.45, 2.75) is 44.6 Å². The van der Waals surface area contributed by atoms with Gasteiger partial charge in [0.1, 0.15) is 5.82 Å². The van der Waals surface area contributed by atoms with E-state index in [2.05, 4.69) is 10.6 Å². The molecule has 35 heavy (non-hydrogen) atoms. The van der Waals surface area contributed by atoms with Gasteiger partial charge in [0.25, 0.3) is 0 Å². The lowest BCUT2D eigenvalue weighted by Crippen LogP contribution is -2.34. The predicted molar refractivity (Wildman–Crippen MR) is 138 cm³/mol. The fourth-order valence-corrected chi connectivity index (χ4v) is 4.46. The molecule has 1 heterocycles. The third kappa shape index (κ3) is 7.01. The largest absolute Gasteiger partial charge is 0.362 e. The Labute approximate surface area is 210 Å². The molecule has 9 heteroatoms. The molecule has 0 saturated heterocycles. The van der Waals surface area contributed by atoms with Crippen LogP contribution in [0.5, 0.6) is 0 Å². The van der Waals surface area contributed by atoms with Crippen molar-refractivity contribution in [2.75, 3.05) is 30.9 Å². The van der Waals surface area contributed by atoms with Crippen molar-refractivity contribution in [3.8, 4) is 0 Å². The minimum Gasteiger partial charge on any atom is -0.362 e. The molecule has 0 radical (unpaired) electrons. The topological polar surface area (TPSA) is 70.2 Å². The van der Waals surface area contributed by atoms with Crippen LogP contribution in [0.4, 0.5) is 20.5 Å². The number of carbonyl (C=O) groups excluding carboxylic acids is 1. The maximum Gasteiger partial charge on any atom is 0.225 e. The number of nitrogens with zero attached hydrogens (tertiary/aromatic N) is 3. The second kappa shape index (κ2) is 12.1. The number of nitrogens with one attached hydrogen (secondary N) is 2. The molecule has 2 aromatic carbocycles. The summed E-state index contributed by atoms with van der Waals surface area (Å²) in [6.45, 7) is 0.639. The highest BCUT2D eigenvalue weighted by molar-refractivity contribution is 5.90. The molecule has 1 amide bonds. The van der Waals surface area contributed by atoms with Crippen molar-refractivity contribution in [2.24, 2.45) is 5.92 Å². The van der Waals surface area contributed by atoms with Crippen LogP contribution in [0.15, 0.2) is 42.5 Å². The number of aryl methyl sites for hydroxylation is 1. The molecule has 1 aromatic heterocycles. The van der Waals surface area contributed by atoms with E-state index in [1.54, 1.807) is 0 Å². The summed E-state index contributed by atoms with van der Waals surface area (Å²) in [4.78, 5) is 23.6. The van der Waals surface area contributed by atoms with Crippen LogP contribution in [0.3, 0.4) is 0 Å². The SMILES string of the molecule is CN(C)c1nc(NC2CCC(CNC(=O)CCc3ccc(F)c(F)c3)CC2)nc2ccccc12.Cl. The molecule has 2 N–H and O–H groups in total. The number of halogens is 3. The monoisotopic (exact) mass is 503 g/mol. The Hall–Kier alpha value is -3.00. The number of benzene rings is 2. The van der Waals surface area contributed by atoms with Crippen LogP contribution in [0.25, 0.3) is 10.9 Å². The van der Waals surface area contributed by atoms with Gasteiger partial charge in [-0.3, -0.25) is 4.79 Å². The quantitative estimate of drug-likeness (QED) is 0.446. The van der Waals surface area contributed by atoms with Crippen LogP contribution < -0.4 is 15.5 Å². The molecule has 1 aliphatic carbocycles. The van der Waals surface area contributed by atoms with Crippen LogP contribution >= 0.6 is 12.4 Å². The van der Waals surface area contributed by atoms with Crippen LogP contribution in [0.1, 0.15) is 37.7 Å². The number of rotatable bonds is 8. The average Bonchev–Trinajstić information content (AvgIpc) is 2.83. The van der Waals surface area contributed by atoms with Crippen LogP contribution in [-0.4, -0.2) is 42.6 Å². The summed E-state index contributed by atoms with van der Waals surface area (Å²) in [6.07, 6.45) is 4.64. The molecule has 0 spiro atoms. The highest BCUT2D eigenvalue weighted by atomic mass is 35.5. The van der Waals surface area contributed by atoms with Crippen LogP contribution in [0, 0.1) is 17.6 Å². The van der Waals surface area contributed by atoms with Crippen molar-refractivity contribution in [1.82, 2.24) is 15.3 Å². The first kappa shape index (κ1) is 26.6. The summed E-state index contributed by atoms with van der Waals surface area (Å²) in [5, 5.41) is 7.53. The molecule has 188 valence electrons. The Kier molecular flexibility index (Phi) is 9.20. The number of anilines is 2. The number of para-hydroxylation sites is 1. The zero-order valence-corrected chi connectivity index (χ0v) is 20.9. The second-order valence-electron chi connectivity index (χ2n) is 9.20. The highest BCUT2D eigenvalue weighted by Gasteiger charge is 2.22. The molecule has 0 unspecified atom stereocenters. The Morgan fingerprint density at radius 1 is 1.03 bits per heavy atom. The molecule has 0 bridgehead atoms. The van der Waals surface area contributed by atoms with Gasteiger partial charge in [-0.05, 0) is 67.9 Å². The minimum atomic E-state index is -0.879. The van der Waals surface area contributed by atoms with Gasteiger partial charge in [-0.2, -0.15) is 4.98 Å². The first-order valence-corrected chi connectivity index (χ1v) is 11.8. The van der Waals surface area contributed by atoms with E-state index in [0.717, 1.165) is 54.5 Å². The van der Waals surface area contributed by atoms with Gasteiger partial charge in [0, 0.05) is 38.5 Å². The summed E-state index contributed by atoms with van der Waals surface area (Å²) in [7, 11) is 3.96. The maximum atomic E-state index is 13.3. The minimum absolute atomic E-state index is 0. The molecule has 0 aliphatic heterocycles. The van der Waals surface area contributed by atoms with E-state index >= 15 is 0 Å². The van der Waals surface area contributed by atoms with Gasteiger partial charge in [0.15, 0.2) is 11.6 Å². The number of amides is 1. The lowest BCUT2D eigenvalue weighted by atomic mass is 9.86. The van der Waals surface area contributed by atoms with E-state index in [1.807, 2.05) is 43.3 Å². The van der Waals surface area contributed by atoms with Gasteiger partial charge < -0.3 is 15.5 Å². The molecular weight excluding hydrogens is 472 g/mol. The van der Waals surface area contributed by atoms with Crippen LogP contribution in [-0.2, 0) is 11.2 Å². The fourth-order valence-electron chi connectivity index (χ4n) is 4.46. The van der Waals surface area contributed by atoms with Gasteiger partial charge in [-0.1, -0.05) is 18.2 Å². The van der Waals surface area contributed by atoms with Crippen molar-refractivity contribution >= 4 is 41.0 Å². The molecular formula is C26H32ClF2N5O. The van der Waals surface area contributed by atoms with Gasteiger partial charge in [-0.15, -0.1) is 12.4 Å². The van der Waals surface area contributed by atoms with E-state index in [4.69, 9.17) is 9.97 Å². The van der Waals surface area contributed by atoms with Gasteiger partial charge in [0.2, 0.25) is 11.9 Å². The van der Waals surface area contributed by atoms with Gasteiger partial charge >= 0.3 is 0 Å². The summed E-state index contributed by atoms with van der Waals surface area (Å²) < 4.78 is 26.3. The first-order chi connectivity index (χ1) is 16.4. The number of hydrogen-bond donors (Lipinski definition) is 2. The summed E-state index contributed by atoms with van der Waals surface area (Å²) in [5.41, 5.74) is 1.54. The predicted octanol–water partition coefficient (Wildman–Crippen LogP) is 5.12. The Bertz CT molecular complexity index is 1150. The fraction of sp³-hybridized carbons (Fsp3) is 0.423. The van der Waals surface area contributed by atoms with Crippen molar-refractivity contribution < 1.29 is 13.6 Å². The van der Waals surface area contributed by atoms with Gasteiger partial charge in [-0.25, -0.2) is 13.8 Å². The number of aromatic nitrogens is 2. The summed E-state index contributed by atoms with van der Waals surface area (Å²) >= 11 is 0. The highest BCUT2D eigenvalue weighted by Crippen LogP contribution is 2.28.